The summed E-state index contributed by atoms with van der Waals surface area (Å²) in [5.74, 6) is -1.08. The molecule has 0 radical (unpaired) electrons. The first-order valence-corrected chi connectivity index (χ1v) is 10.8. The van der Waals surface area contributed by atoms with Gasteiger partial charge in [0.05, 0.1) is 10.7 Å². The molecule has 0 spiro atoms. The van der Waals surface area contributed by atoms with Crippen LogP contribution in [0.3, 0.4) is 0 Å². The van der Waals surface area contributed by atoms with Crippen molar-refractivity contribution in [1.29, 1.82) is 0 Å². The lowest BCUT2D eigenvalue weighted by molar-refractivity contribution is -0.385. The lowest BCUT2D eigenvalue weighted by Crippen LogP contribution is -2.14. The van der Waals surface area contributed by atoms with Crippen LogP contribution in [0.15, 0.2) is 52.9 Å². The smallest absolute Gasteiger partial charge is 0.282 e. The molecule has 2 aromatic carbocycles. The van der Waals surface area contributed by atoms with E-state index in [1.165, 1.54) is 31.2 Å². The SMILES string of the molecule is CC(=O)Nc1ccc(NC(=O)CSc2nnc(NC(=O)c3ccccc3[N+](=O)[O-])s2)cc1. The highest BCUT2D eigenvalue weighted by Crippen LogP contribution is 2.27. The van der Waals surface area contributed by atoms with E-state index in [0.717, 1.165) is 23.1 Å². The van der Waals surface area contributed by atoms with Gasteiger partial charge in [-0.15, -0.1) is 10.2 Å². The Hall–Kier alpha value is -3.84. The number of nitro groups is 1. The number of benzene rings is 2. The van der Waals surface area contributed by atoms with E-state index in [1.807, 2.05) is 0 Å². The van der Waals surface area contributed by atoms with Gasteiger partial charge in [0.15, 0.2) is 4.34 Å². The zero-order chi connectivity index (χ0) is 23.1. The summed E-state index contributed by atoms with van der Waals surface area (Å²) in [6.45, 7) is 1.41. The molecule has 3 rings (SSSR count). The third kappa shape index (κ3) is 6.33. The fraction of sp³-hybridized carbons (Fsp3) is 0.105. The molecule has 3 N–H and O–H groups in total. The molecular weight excluding hydrogens is 456 g/mol. The number of rotatable bonds is 8. The number of anilines is 3. The largest absolute Gasteiger partial charge is 0.326 e. The normalized spacial score (nSPS) is 10.3. The molecule has 0 unspecified atom stereocenters. The predicted octanol–water partition coefficient (Wildman–Crippen LogP) is 3.39. The van der Waals surface area contributed by atoms with E-state index in [2.05, 4.69) is 26.1 Å². The molecule has 0 fully saturated rings. The Labute approximate surface area is 189 Å². The molecule has 3 amide bonds. The van der Waals surface area contributed by atoms with E-state index in [1.54, 1.807) is 24.3 Å². The Bertz CT molecular complexity index is 1170. The summed E-state index contributed by atoms with van der Waals surface area (Å²) in [4.78, 5) is 45.9. The summed E-state index contributed by atoms with van der Waals surface area (Å²) in [6.07, 6.45) is 0. The van der Waals surface area contributed by atoms with Gasteiger partial charge in [-0.25, -0.2) is 0 Å². The average Bonchev–Trinajstić information content (AvgIpc) is 3.20. The van der Waals surface area contributed by atoms with E-state index in [0.29, 0.717) is 15.7 Å². The van der Waals surface area contributed by atoms with Crippen molar-refractivity contribution in [2.24, 2.45) is 0 Å². The Balaban J connectivity index is 1.52. The van der Waals surface area contributed by atoms with Gasteiger partial charge in [0, 0.05) is 24.4 Å². The molecule has 0 saturated carbocycles. The van der Waals surface area contributed by atoms with Crippen LogP contribution in [0.4, 0.5) is 22.2 Å². The second-order valence-corrected chi connectivity index (χ2v) is 8.40. The second kappa shape index (κ2) is 10.5. The van der Waals surface area contributed by atoms with E-state index in [9.17, 15) is 24.5 Å². The van der Waals surface area contributed by atoms with Crippen LogP contribution in [-0.2, 0) is 9.59 Å². The van der Waals surface area contributed by atoms with E-state index >= 15 is 0 Å². The minimum Gasteiger partial charge on any atom is -0.326 e. The van der Waals surface area contributed by atoms with Crippen molar-refractivity contribution < 1.29 is 19.3 Å². The van der Waals surface area contributed by atoms with Crippen molar-refractivity contribution in [1.82, 2.24) is 10.2 Å². The maximum absolute atomic E-state index is 12.3. The summed E-state index contributed by atoms with van der Waals surface area (Å²) >= 11 is 2.17. The van der Waals surface area contributed by atoms with Crippen LogP contribution in [0, 0.1) is 10.1 Å². The monoisotopic (exact) mass is 472 g/mol. The Kier molecular flexibility index (Phi) is 7.46. The van der Waals surface area contributed by atoms with Crippen LogP contribution in [0.1, 0.15) is 17.3 Å². The van der Waals surface area contributed by atoms with Crippen LogP contribution in [0.25, 0.3) is 0 Å². The molecule has 0 bridgehead atoms. The molecule has 0 atom stereocenters. The number of para-hydroxylation sites is 1. The molecule has 0 aliphatic carbocycles. The van der Waals surface area contributed by atoms with Crippen molar-refractivity contribution in [3.05, 3.63) is 64.2 Å². The number of nitro benzene ring substituents is 1. The molecule has 1 aromatic heterocycles. The predicted molar refractivity (Wildman–Crippen MR) is 121 cm³/mol. The number of carbonyl (C=O) groups is 3. The Morgan fingerprint density at radius 1 is 1.00 bits per heavy atom. The lowest BCUT2D eigenvalue weighted by Gasteiger charge is -2.06. The van der Waals surface area contributed by atoms with Crippen molar-refractivity contribution in [2.45, 2.75) is 11.3 Å². The van der Waals surface area contributed by atoms with Crippen molar-refractivity contribution in [3.8, 4) is 0 Å². The minimum absolute atomic E-state index is 0.0557. The zero-order valence-electron chi connectivity index (χ0n) is 16.5. The Morgan fingerprint density at radius 2 is 1.66 bits per heavy atom. The van der Waals surface area contributed by atoms with Gasteiger partial charge >= 0.3 is 0 Å². The maximum Gasteiger partial charge on any atom is 0.282 e. The third-order valence-electron chi connectivity index (χ3n) is 3.79. The number of amides is 3. The number of thioether (sulfide) groups is 1. The number of aromatic nitrogens is 2. The maximum atomic E-state index is 12.3. The zero-order valence-corrected chi connectivity index (χ0v) is 18.2. The fourth-order valence-electron chi connectivity index (χ4n) is 2.47. The van der Waals surface area contributed by atoms with Gasteiger partial charge in [0.1, 0.15) is 5.56 Å². The molecule has 0 aliphatic heterocycles. The molecule has 0 aliphatic rings. The van der Waals surface area contributed by atoms with Crippen molar-refractivity contribution in [3.63, 3.8) is 0 Å². The van der Waals surface area contributed by atoms with Gasteiger partial charge in [-0.2, -0.15) is 0 Å². The molecule has 11 nitrogen and oxygen atoms in total. The Morgan fingerprint density at radius 3 is 2.31 bits per heavy atom. The molecule has 3 aromatic rings. The summed E-state index contributed by atoms with van der Waals surface area (Å²) in [6, 6.07) is 12.2. The number of carbonyl (C=O) groups excluding carboxylic acids is 3. The van der Waals surface area contributed by atoms with Gasteiger partial charge in [-0.3, -0.25) is 29.8 Å². The fourth-order valence-corrected chi connectivity index (χ4v) is 4.02. The van der Waals surface area contributed by atoms with E-state index in [-0.39, 0.29) is 33.9 Å². The number of hydrogen-bond acceptors (Lipinski definition) is 9. The van der Waals surface area contributed by atoms with Gasteiger partial charge in [0.25, 0.3) is 11.6 Å². The van der Waals surface area contributed by atoms with Gasteiger partial charge in [0.2, 0.25) is 16.9 Å². The van der Waals surface area contributed by atoms with Gasteiger partial charge < -0.3 is 10.6 Å². The van der Waals surface area contributed by atoms with Crippen molar-refractivity contribution >= 4 is 63.0 Å². The molecule has 13 heteroatoms. The first kappa shape index (κ1) is 22.8. The number of nitrogens with zero attached hydrogens (tertiary/aromatic N) is 3. The van der Waals surface area contributed by atoms with Gasteiger partial charge in [-0.1, -0.05) is 35.2 Å². The molecular formula is C19H16N6O5S2. The molecule has 32 heavy (non-hydrogen) atoms. The molecule has 1 heterocycles. The highest BCUT2D eigenvalue weighted by molar-refractivity contribution is 8.01. The summed E-state index contributed by atoms with van der Waals surface area (Å²) in [5, 5.41) is 26.8. The number of hydrogen-bond donors (Lipinski definition) is 3. The van der Waals surface area contributed by atoms with E-state index in [4.69, 9.17) is 0 Å². The molecule has 0 saturated heterocycles. The van der Waals surface area contributed by atoms with Crippen molar-refractivity contribution in [2.75, 3.05) is 21.7 Å². The highest BCUT2D eigenvalue weighted by atomic mass is 32.2. The van der Waals surface area contributed by atoms with Crippen LogP contribution in [0.5, 0.6) is 0 Å². The molecule has 164 valence electrons. The first-order chi connectivity index (χ1) is 15.3. The summed E-state index contributed by atoms with van der Waals surface area (Å²) in [7, 11) is 0. The van der Waals surface area contributed by atoms with Crippen LogP contribution < -0.4 is 16.0 Å². The quantitative estimate of drug-likeness (QED) is 0.195. The summed E-state index contributed by atoms with van der Waals surface area (Å²) in [5.41, 5.74) is 0.783. The topological polar surface area (TPSA) is 156 Å². The minimum atomic E-state index is -0.676. The number of nitrogens with one attached hydrogen (secondary N) is 3. The first-order valence-electron chi connectivity index (χ1n) is 9.00. The van der Waals surface area contributed by atoms with Crippen LogP contribution >= 0.6 is 23.1 Å². The van der Waals surface area contributed by atoms with Gasteiger partial charge in [-0.05, 0) is 30.3 Å². The summed E-state index contributed by atoms with van der Waals surface area (Å²) < 4.78 is 0.444. The third-order valence-corrected chi connectivity index (χ3v) is 5.76. The average molecular weight is 473 g/mol. The lowest BCUT2D eigenvalue weighted by atomic mass is 10.1. The van der Waals surface area contributed by atoms with Crippen LogP contribution in [-0.4, -0.2) is 38.6 Å². The second-order valence-electron chi connectivity index (χ2n) is 6.20. The standard InChI is InChI=1S/C19H16N6O5S2/c1-11(26)20-12-6-8-13(9-7-12)21-16(27)10-31-19-24-23-18(32-19)22-17(28)14-4-2-3-5-15(14)25(29)30/h2-9H,10H2,1H3,(H,20,26)(H,21,27)(H,22,23,28). The van der Waals surface area contributed by atoms with Crippen LogP contribution in [0.2, 0.25) is 0 Å². The van der Waals surface area contributed by atoms with E-state index < -0.39 is 10.8 Å². The highest BCUT2D eigenvalue weighted by Gasteiger charge is 2.20.